The van der Waals surface area contributed by atoms with E-state index in [1.165, 1.54) is 16.7 Å². The summed E-state index contributed by atoms with van der Waals surface area (Å²) >= 11 is 0. The van der Waals surface area contributed by atoms with Crippen LogP contribution in [0.1, 0.15) is 29.8 Å². The molecule has 1 amide bonds. The Morgan fingerprint density at radius 1 is 1.10 bits per heavy atom. The van der Waals surface area contributed by atoms with Crippen LogP contribution in [0.25, 0.3) is 5.69 Å². The third-order valence-electron chi connectivity index (χ3n) is 4.58. The molecule has 3 aromatic rings. The highest BCUT2D eigenvalue weighted by Crippen LogP contribution is 2.24. The Hall–Kier alpha value is -3.04. The molecule has 0 fully saturated rings. The van der Waals surface area contributed by atoms with Crippen molar-refractivity contribution in [2.24, 2.45) is 0 Å². The molecule has 2 aromatic carbocycles. The summed E-state index contributed by atoms with van der Waals surface area (Å²) in [5.41, 5.74) is 2.28. The zero-order chi connectivity index (χ0) is 21.0. The van der Waals surface area contributed by atoms with Gasteiger partial charge in [-0.1, -0.05) is 19.9 Å². The lowest BCUT2D eigenvalue weighted by molar-refractivity contribution is 0.102. The number of carbonyl (C=O) groups is 1. The fourth-order valence-electron chi connectivity index (χ4n) is 2.97. The molecule has 0 bridgehead atoms. The molecule has 1 N–H and O–H groups in total. The second-order valence-corrected chi connectivity index (χ2v) is 8.32. The third-order valence-corrected chi connectivity index (χ3v) is 6.77. The molecule has 29 heavy (non-hydrogen) atoms. The average Bonchev–Trinajstić information content (AvgIpc) is 3.25. The van der Waals surface area contributed by atoms with E-state index >= 15 is 0 Å². The second kappa shape index (κ2) is 8.54. The molecule has 0 aliphatic rings. The Morgan fingerprint density at radius 2 is 1.79 bits per heavy atom. The van der Waals surface area contributed by atoms with Crippen LogP contribution in [0.4, 0.5) is 5.69 Å². The van der Waals surface area contributed by atoms with Crippen molar-refractivity contribution in [3.05, 3.63) is 66.2 Å². The third kappa shape index (κ3) is 4.36. The Morgan fingerprint density at radius 3 is 2.38 bits per heavy atom. The predicted molar refractivity (Wildman–Crippen MR) is 111 cm³/mol. The number of anilines is 1. The van der Waals surface area contributed by atoms with Gasteiger partial charge in [0, 0.05) is 24.3 Å². The van der Waals surface area contributed by atoms with Gasteiger partial charge in [0.15, 0.2) is 0 Å². The number of carbonyl (C=O) groups excluding carboxylic acids is 1. The van der Waals surface area contributed by atoms with Gasteiger partial charge in [-0.2, -0.15) is 9.40 Å². The van der Waals surface area contributed by atoms with E-state index in [-0.39, 0.29) is 10.8 Å². The number of benzene rings is 2. The van der Waals surface area contributed by atoms with Crippen LogP contribution in [0.5, 0.6) is 0 Å². The maximum Gasteiger partial charge on any atom is 0.255 e. The van der Waals surface area contributed by atoms with Crippen molar-refractivity contribution in [1.29, 1.82) is 0 Å². The van der Waals surface area contributed by atoms with Crippen molar-refractivity contribution in [3.63, 3.8) is 0 Å². The van der Waals surface area contributed by atoms with Crippen LogP contribution in [0.15, 0.2) is 60.0 Å². The molecule has 0 spiro atoms. The minimum absolute atomic E-state index is 0.195. The summed E-state index contributed by atoms with van der Waals surface area (Å²) in [6.07, 6.45) is 3.00. The first kappa shape index (κ1) is 20.7. The van der Waals surface area contributed by atoms with E-state index in [1.54, 1.807) is 68.2 Å². The zero-order valence-electron chi connectivity index (χ0n) is 16.5. The molecule has 152 valence electrons. The Bertz CT molecular complexity index is 1090. The number of sulfonamides is 1. The molecule has 0 atom stereocenters. The SMILES string of the molecule is CCN(CC)S(=O)(=O)c1cc(NC(=O)c2ccc(-n3cncn3)cc2)ccc1C. The number of amides is 1. The van der Waals surface area contributed by atoms with Crippen molar-refractivity contribution < 1.29 is 13.2 Å². The van der Waals surface area contributed by atoms with Crippen molar-refractivity contribution in [3.8, 4) is 5.69 Å². The number of hydrogen-bond donors (Lipinski definition) is 1. The smallest absolute Gasteiger partial charge is 0.255 e. The van der Waals surface area contributed by atoms with Gasteiger partial charge in [-0.15, -0.1) is 0 Å². The molecule has 8 nitrogen and oxygen atoms in total. The Balaban J connectivity index is 1.82. The first-order valence-corrected chi connectivity index (χ1v) is 10.7. The van der Waals surface area contributed by atoms with E-state index in [4.69, 9.17) is 0 Å². The average molecular weight is 414 g/mol. The summed E-state index contributed by atoms with van der Waals surface area (Å²) < 4.78 is 28.7. The highest BCUT2D eigenvalue weighted by atomic mass is 32.2. The highest BCUT2D eigenvalue weighted by Gasteiger charge is 2.24. The maximum atomic E-state index is 12.9. The second-order valence-electron chi connectivity index (χ2n) is 6.41. The highest BCUT2D eigenvalue weighted by molar-refractivity contribution is 7.89. The van der Waals surface area contributed by atoms with Crippen molar-refractivity contribution in [2.75, 3.05) is 18.4 Å². The van der Waals surface area contributed by atoms with Gasteiger partial charge < -0.3 is 5.32 Å². The van der Waals surface area contributed by atoms with Gasteiger partial charge in [-0.05, 0) is 48.9 Å². The number of hydrogen-bond acceptors (Lipinski definition) is 5. The fraction of sp³-hybridized carbons (Fsp3) is 0.250. The lowest BCUT2D eigenvalue weighted by Crippen LogP contribution is -2.31. The van der Waals surface area contributed by atoms with Crippen molar-refractivity contribution in [1.82, 2.24) is 19.1 Å². The van der Waals surface area contributed by atoms with Gasteiger partial charge >= 0.3 is 0 Å². The summed E-state index contributed by atoms with van der Waals surface area (Å²) in [5, 5.41) is 6.81. The van der Waals surface area contributed by atoms with Gasteiger partial charge in [-0.3, -0.25) is 4.79 Å². The molecule has 0 aliphatic heterocycles. The lowest BCUT2D eigenvalue weighted by atomic mass is 10.1. The summed E-state index contributed by atoms with van der Waals surface area (Å²) in [6, 6.07) is 11.8. The molecule has 3 rings (SSSR count). The molecule has 0 aliphatic carbocycles. The number of nitrogens with one attached hydrogen (secondary N) is 1. The molecule has 0 saturated carbocycles. The maximum absolute atomic E-state index is 12.9. The van der Waals surface area contributed by atoms with Crippen LogP contribution in [0.3, 0.4) is 0 Å². The van der Waals surface area contributed by atoms with Gasteiger partial charge in [0.05, 0.1) is 10.6 Å². The standard InChI is InChI=1S/C20H23N5O3S/c1-4-24(5-2)29(27,28)19-12-17(9-6-15(19)3)23-20(26)16-7-10-18(11-8-16)25-14-21-13-22-25/h6-14H,4-5H2,1-3H3,(H,23,26). The first-order chi connectivity index (χ1) is 13.9. The van der Waals surface area contributed by atoms with Gasteiger partial charge in [-0.25, -0.2) is 18.1 Å². The lowest BCUT2D eigenvalue weighted by Gasteiger charge is -2.20. The van der Waals surface area contributed by atoms with E-state index in [1.807, 2.05) is 0 Å². The minimum atomic E-state index is -3.62. The molecule has 1 aromatic heterocycles. The molecular formula is C20H23N5O3S. The number of aromatic nitrogens is 3. The molecule has 0 radical (unpaired) electrons. The van der Waals surface area contributed by atoms with E-state index in [0.29, 0.717) is 29.9 Å². The van der Waals surface area contributed by atoms with E-state index < -0.39 is 10.0 Å². The summed E-state index contributed by atoms with van der Waals surface area (Å²) in [7, 11) is -3.62. The normalized spacial score (nSPS) is 11.6. The summed E-state index contributed by atoms with van der Waals surface area (Å²) in [6.45, 7) is 6.10. The number of aryl methyl sites for hydroxylation is 1. The number of rotatable bonds is 7. The van der Waals surface area contributed by atoms with Crippen LogP contribution < -0.4 is 5.32 Å². The molecule has 0 saturated heterocycles. The monoisotopic (exact) mass is 413 g/mol. The van der Waals surface area contributed by atoms with Gasteiger partial charge in [0.2, 0.25) is 10.0 Å². The zero-order valence-corrected chi connectivity index (χ0v) is 17.3. The van der Waals surface area contributed by atoms with E-state index in [2.05, 4.69) is 15.4 Å². The first-order valence-electron chi connectivity index (χ1n) is 9.24. The molecule has 0 unspecified atom stereocenters. The van der Waals surface area contributed by atoms with E-state index in [0.717, 1.165) is 5.69 Å². The molecular weight excluding hydrogens is 390 g/mol. The van der Waals surface area contributed by atoms with Crippen LogP contribution >= 0.6 is 0 Å². The van der Waals surface area contributed by atoms with Crippen molar-refractivity contribution >= 4 is 21.6 Å². The number of nitrogens with zero attached hydrogens (tertiary/aromatic N) is 4. The molecule has 9 heteroatoms. The van der Waals surface area contributed by atoms with Gasteiger partial charge in [0.25, 0.3) is 5.91 Å². The quantitative estimate of drug-likeness (QED) is 0.642. The van der Waals surface area contributed by atoms with Crippen molar-refractivity contribution in [2.45, 2.75) is 25.7 Å². The van der Waals surface area contributed by atoms with Crippen LogP contribution in [-0.4, -0.2) is 46.5 Å². The van der Waals surface area contributed by atoms with Crippen LogP contribution in [-0.2, 0) is 10.0 Å². The van der Waals surface area contributed by atoms with Crippen LogP contribution in [0.2, 0.25) is 0 Å². The summed E-state index contributed by atoms with van der Waals surface area (Å²) in [5.74, 6) is -0.329. The topological polar surface area (TPSA) is 97.2 Å². The largest absolute Gasteiger partial charge is 0.322 e. The Kier molecular flexibility index (Phi) is 6.09. The van der Waals surface area contributed by atoms with E-state index in [9.17, 15) is 13.2 Å². The van der Waals surface area contributed by atoms with Gasteiger partial charge in [0.1, 0.15) is 12.7 Å². The minimum Gasteiger partial charge on any atom is -0.322 e. The summed E-state index contributed by atoms with van der Waals surface area (Å²) in [4.78, 5) is 16.7. The molecule has 1 heterocycles. The van der Waals surface area contributed by atoms with Crippen LogP contribution in [0, 0.1) is 6.92 Å². The fourth-order valence-corrected chi connectivity index (χ4v) is 4.68. The Labute approximate surface area is 170 Å². The predicted octanol–water partition coefficient (Wildman–Crippen LogP) is 2.86.